The number of hydrogen-bond donors (Lipinski definition) is 2. The quantitative estimate of drug-likeness (QED) is 0.360. The topological polar surface area (TPSA) is 102 Å². The van der Waals surface area contributed by atoms with Gasteiger partial charge in [-0.3, -0.25) is 9.67 Å². The van der Waals surface area contributed by atoms with E-state index in [-0.39, 0.29) is 5.56 Å². The van der Waals surface area contributed by atoms with Crippen LogP contribution in [0.15, 0.2) is 61.1 Å². The number of aryl methyl sites for hydroxylation is 1. The van der Waals surface area contributed by atoms with E-state index in [4.69, 9.17) is 9.47 Å². The van der Waals surface area contributed by atoms with Gasteiger partial charge in [-0.05, 0) is 35.9 Å². The van der Waals surface area contributed by atoms with E-state index in [2.05, 4.69) is 15.1 Å². The molecule has 5 aromatic rings. The number of carboxylic acids is 1. The number of hydrogen-bond acceptors (Lipinski definition) is 5. The number of rotatable bonds is 7. The molecule has 2 N–H and O–H groups in total. The molecule has 0 spiro atoms. The van der Waals surface area contributed by atoms with Crippen molar-refractivity contribution in [1.29, 1.82) is 0 Å². The fourth-order valence-electron chi connectivity index (χ4n) is 4.01. The van der Waals surface area contributed by atoms with Gasteiger partial charge in [0.05, 0.1) is 35.8 Å². The molecule has 0 atom stereocenters. The number of carboxylic acid groups (broad SMARTS) is 1. The van der Waals surface area contributed by atoms with Crippen LogP contribution in [0.1, 0.15) is 10.4 Å². The number of aromatic amines is 1. The van der Waals surface area contributed by atoms with Gasteiger partial charge in [0.15, 0.2) is 0 Å². The molecule has 0 amide bonds. The Labute approximate surface area is 189 Å². The minimum atomic E-state index is -0.962. The molecule has 3 aromatic heterocycles. The molecule has 3 heterocycles. The molecular weight excluding hydrogens is 420 g/mol. The summed E-state index contributed by atoms with van der Waals surface area (Å²) in [6, 6.07) is 12.8. The predicted octanol–water partition coefficient (Wildman–Crippen LogP) is 4.51. The molecule has 8 heteroatoms. The normalized spacial score (nSPS) is 11.3. The first-order valence-corrected chi connectivity index (χ1v) is 10.4. The van der Waals surface area contributed by atoms with Gasteiger partial charge in [-0.2, -0.15) is 5.10 Å². The largest absolute Gasteiger partial charge is 0.491 e. The lowest BCUT2D eigenvalue weighted by atomic mass is 9.97. The number of fused-ring (bicyclic) bond motifs is 3. The van der Waals surface area contributed by atoms with Gasteiger partial charge in [0.1, 0.15) is 12.4 Å². The lowest BCUT2D eigenvalue weighted by Crippen LogP contribution is -2.05. The van der Waals surface area contributed by atoms with Crippen molar-refractivity contribution in [2.75, 3.05) is 20.3 Å². The van der Waals surface area contributed by atoms with Crippen molar-refractivity contribution < 1.29 is 19.4 Å². The molecule has 0 unspecified atom stereocenters. The fraction of sp³-hybridized carbons (Fsp3) is 0.160. The molecule has 8 nitrogen and oxygen atoms in total. The standard InChI is InChI=1S/C25H22N4O4/c1-29-14-17(12-27-29)20-11-18-21(13-26-20)28-19-7-8-22(33-10-9-32-2)23(24(18)19)15-3-5-16(6-4-15)25(30)31/h3-8,11-14,28H,9-10H2,1-2H3,(H,30,31). The third-order valence-electron chi connectivity index (χ3n) is 5.58. The maximum Gasteiger partial charge on any atom is 0.335 e. The number of nitrogens with zero attached hydrogens (tertiary/aromatic N) is 3. The second-order valence-corrected chi connectivity index (χ2v) is 7.73. The van der Waals surface area contributed by atoms with Gasteiger partial charge in [0.25, 0.3) is 0 Å². The molecule has 0 bridgehead atoms. The molecular formula is C25H22N4O4. The number of carbonyl (C=O) groups is 1. The van der Waals surface area contributed by atoms with E-state index in [9.17, 15) is 9.90 Å². The van der Waals surface area contributed by atoms with E-state index >= 15 is 0 Å². The van der Waals surface area contributed by atoms with Crippen molar-refractivity contribution in [3.63, 3.8) is 0 Å². The second-order valence-electron chi connectivity index (χ2n) is 7.73. The Morgan fingerprint density at radius 1 is 1.06 bits per heavy atom. The molecule has 0 radical (unpaired) electrons. The van der Waals surface area contributed by atoms with Crippen molar-refractivity contribution in [2.45, 2.75) is 0 Å². The number of nitrogens with one attached hydrogen (secondary N) is 1. The van der Waals surface area contributed by atoms with Crippen LogP contribution in [0.25, 0.3) is 44.2 Å². The van der Waals surface area contributed by atoms with Gasteiger partial charge in [-0.25, -0.2) is 4.79 Å². The maximum atomic E-state index is 11.4. The summed E-state index contributed by atoms with van der Waals surface area (Å²) >= 11 is 0. The van der Waals surface area contributed by atoms with Crippen LogP contribution in [-0.4, -0.2) is 51.1 Å². The Bertz CT molecular complexity index is 1470. The van der Waals surface area contributed by atoms with Gasteiger partial charge < -0.3 is 19.6 Å². The minimum absolute atomic E-state index is 0.231. The molecule has 0 aliphatic heterocycles. The Hall–Kier alpha value is -4.17. The first-order valence-electron chi connectivity index (χ1n) is 10.4. The third kappa shape index (κ3) is 3.81. The van der Waals surface area contributed by atoms with Crippen LogP contribution >= 0.6 is 0 Å². The van der Waals surface area contributed by atoms with E-state index in [1.807, 2.05) is 49.8 Å². The van der Waals surface area contributed by atoms with Crippen molar-refractivity contribution >= 4 is 27.8 Å². The molecule has 0 fully saturated rings. The highest BCUT2D eigenvalue weighted by molar-refractivity contribution is 6.16. The predicted molar refractivity (Wildman–Crippen MR) is 126 cm³/mol. The SMILES string of the molecule is COCCOc1ccc2[nH]c3cnc(-c4cnn(C)c4)cc3c2c1-c1ccc(C(=O)O)cc1. The zero-order valence-corrected chi connectivity index (χ0v) is 18.2. The Morgan fingerprint density at radius 2 is 1.88 bits per heavy atom. The molecule has 166 valence electrons. The second kappa shape index (κ2) is 8.40. The molecule has 0 saturated heterocycles. The lowest BCUT2D eigenvalue weighted by molar-refractivity contribution is 0.0697. The summed E-state index contributed by atoms with van der Waals surface area (Å²) in [6.45, 7) is 0.853. The summed E-state index contributed by atoms with van der Waals surface area (Å²) in [7, 11) is 3.50. The van der Waals surface area contributed by atoms with Crippen LogP contribution in [0.4, 0.5) is 0 Å². The number of methoxy groups -OCH3 is 1. The van der Waals surface area contributed by atoms with Crippen LogP contribution in [0.3, 0.4) is 0 Å². The van der Waals surface area contributed by atoms with Crippen LogP contribution in [0, 0.1) is 0 Å². The molecule has 0 saturated carbocycles. The Balaban J connectivity index is 1.75. The van der Waals surface area contributed by atoms with Gasteiger partial charge in [-0.1, -0.05) is 12.1 Å². The molecule has 5 rings (SSSR count). The van der Waals surface area contributed by atoms with Gasteiger partial charge in [0.2, 0.25) is 0 Å². The summed E-state index contributed by atoms with van der Waals surface area (Å²) in [5, 5.41) is 15.5. The number of ether oxygens (including phenoxy) is 2. The lowest BCUT2D eigenvalue weighted by Gasteiger charge is -2.14. The number of H-pyrrole nitrogens is 1. The number of benzene rings is 2. The van der Waals surface area contributed by atoms with Gasteiger partial charge in [0, 0.05) is 47.8 Å². The zero-order valence-electron chi connectivity index (χ0n) is 18.2. The van der Waals surface area contributed by atoms with E-state index < -0.39 is 5.97 Å². The number of aromatic carboxylic acids is 1. The molecule has 2 aromatic carbocycles. The summed E-state index contributed by atoms with van der Waals surface area (Å²) in [6.07, 6.45) is 5.53. The maximum absolute atomic E-state index is 11.4. The summed E-state index contributed by atoms with van der Waals surface area (Å²) in [5.41, 5.74) is 5.55. The summed E-state index contributed by atoms with van der Waals surface area (Å²) in [4.78, 5) is 19.4. The van der Waals surface area contributed by atoms with Crippen molar-refractivity contribution in [1.82, 2.24) is 19.7 Å². The summed E-state index contributed by atoms with van der Waals surface area (Å²) < 4.78 is 13.0. The molecule has 0 aliphatic carbocycles. The first-order chi connectivity index (χ1) is 16.0. The van der Waals surface area contributed by atoms with Crippen LogP contribution in [-0.2, 0) is 11.8 Å². The summed E-state index contributed by atoms with van der Waals surface area (Å²) in [5.74, 6) is -0.265. The third-order valence-corrected chi connectivity index (χ3v) is 5.58. The zero-order chi connectivity index (χ0) is 22.9. The van der Waals surface area contributed by atoms with Crippen LogP contribution in [0.5, 0.6) is 5.75 Å². The smallest absolute Gasteiger partial charge is 0.335 e. The monoisotopic (exact) mass is 442 g/mol. The highest BCUT2D eigenvalue weighted by Crippen LogP contribution is 2.41. The van der Waals surface area contributed by atoms with Crippen molar-refractivity contribution in [2.24, 2.45) is 7.05 Å². The van der Waals surface area contributed by atoms with Crippen molar-refractivity contribution in [3.8, 4) is 28.1 Å². The fourth-order valence-corrected chi connectivity index (χ4v) is 4.01. The highest BCUT2D eigenvalue weighted by atomic mass is 16.5. The van der Waals surface area contributed by atoms with Crippen molar-refractivity contribution in [3.05, 3.63) is 66.6 Å². The first kappa shape index (κ1) is 20.7. The average Bonchev–Trinajstić information content (AvgIpc) is 3.42. The van der Waals surface area contributed by atoms with E-state index in [1.165, 1.54) is 0 Å². The van der Waals surface area contributed by atoms with E-state index in [0.29, 0.717) is 19.0 Å². The van der Waals surface area contributed by atoms with E-state index in [0.717, 1.165) is 44.2 Å². The molecule has 0 aliphatic rings. The highest BCUT2D eigenvalue weighted by Gasteiger charge is 2.18. The van der Waals surface area contributed by atoms with Crippen LogP contribution in [0.2, 0.25) is 0 Å². The Kier molecular flexibility index (Phi) is 5.27. The molecule has 33 heavy (non-hydrogen) atoms. The number of aromatic nitrogens is 4. The van der Waals surface area contributed by atoms with E-state index in [1.54, 1.807) is 30.1 Å². The van der Waals surface area contributed by atoms with Gasteiger partial charge in [-0.15, -0.1) is 0 Å². The average molecular weight is 442 g/mol. The number of pyridine rings is 1. The van der Waals surface area contributed by atoms with Gasteiger partial charge >= 0.3 is 5.97 Å². The minimum Gasteiger partial charge on any atom is -0.491 e. The van der Waals surface area contributed by atoms with Crippen LogP contribution < -0.4 is 4.74 Å². The Morgan fingerprint density at radius 3 is 2.58 bits per heavy atom.